The van der Waals surface area contributed by atoms with Gasteiger partial charge in [-0.05, 0) is 18.2 Å². The van der Waals surface area contributed by atoms with Gasteiger partial charge in [0.15, 0.2) is 23.7 Å². The van der Waals surface area contributed by atoms with Crippen molar-refractivity contribution in [2.45, 2.75) is 19.4 Å². The molecule has 0 spiro atoms. The predicted molar refractivity (Wildman–Crippen MR) is 104 cm³/mol. The molecule has 11 heteroatoms. The van der Waals surface area contributed by atoms with E-state index < -0.39 is 11.8 Å². The molecular formula is C20H17F2N5O4. The van der Waals surface area contributed by atoms with E-state index in [1.54, 1.807) is 24.3 Å². The second-order valence-corrected chi connectivity index (χ2v) is 6.67. The third kappa shape index (κ3) is 4.44. The number of nitrogens with one attached hydrogen (secondary N) is 1. The van der Waals surface area contributed by atoms with Gasteiger partial charge in [0.1, 0.15) is 18.1 Å². The Morgan fingerprint density at radius 1 is 1.29 bits per heavy atom. The number of carbonyl (C=O) groups excluding carboxylic acids is 1. The second-order valence-electron chi connectivity index (χ2n) is 6.67. The van der Waals surface area contributed by atoms with Crippen LogP contribution in [0.25, 0.3) is 11.3 Å². The molecule has 0 fully saturated rings. The van der Waals surface area contributed by atoms with Gasteiger partial charge in [0, 0.05) is 12.5 Å². The fraction of sp³-hybridized carbons (Fsp3) is 0.200. The fourth-order valence-corrected chi connectivity index (χ4v) is 2.82. The first kappa shape index (κ1) is 20.3. The number of halogens is 2. The number of amides is 1. The molecule has 1 aromatic carbocycles. The second kappa shape index (κ2) is 8.01. The van der Waals surface area contributed by atoms with E-state index in [1.807, 2.05) is 0 Å². The molecule has 160 valence electrons. The lowest BCUT2D eigenvalue weighted by Gasteiger charge is -2.04. The van der Waals surface area contributed by atoms with Gasteiger partial charge in [0.05, 0.1) is 25.1 Å². The summed E-state index contributed by atoms with van der Waals surface area (Å²) in [6, 6.07) is 8.23. The average Bonchev–Trinajstić information content (AvgIpc) is 3.48. The third-order valence-electron chi connectivity index (χ3n) is 4.35. The van der Waals surface area contributed by atoms with Crippen LogP contribution in [0.2, 0.25) is 0 Å². The Kier molecular flexibility index (Phi) is 5.24. The zero-order chi connectivity index (χ0) is 22.0. The molecule has 0 unspecified atom stereocenters. The summed E-state index contributed by atoms with van der Waals surface area (Å²) in [6.45, 7) is 0.802. The summed E-state index contributed by atoms with van der Waals surface area (Å²) in [5.74, 6) is -2.28. The van der Waals surface area contributed by atoms with Crippen molar-refractivity contribution >= 4 is 11.7 Å². The minimum absolute atomic E-state index is 0.0188. The Hall–Kier alpha value is -4.02. The van der Waals surface area contributed by atoms with Gasteiger partial charge >= 0.3 is 0 Å². The standard InChI is InChI=1S/C20H17F2N5O4/c1-20(21,22)13-7-15(30-10-13)9-27-24-8-16(26-27)25-19(28)17-18(31-11-23-17)12-4-3-5-14(6-12)29-2/h3-8,10-11H,9H2,1-2H3,(H,25,26,28). The number of methoxy groups -OCH3 is 1. The van der Waals surface area contributed by atoms with Gasteiger partial charge in [0.2, 0.25) is 0 Å². The summed E-state index contributed by atoms with van der Waals surface area (Å²) in [4.78, 5) is 17.9. The average molecular weight is 429 g/mol. The van der Waals surface area contributed by atoms with Gasteiger partial charge in [-0.15, -0.1) is 5.10 Å². The number of rotatable bonds is 7. The zero-order valence-corrected chi connectivity index (χ0v) is 16.5. The molecule has 3 aromatic heterocycles. The third-order valence-corrected chi connectivity index (χ3v) is 4.35. The van der Waals surface area contributed by atoms with Crippen LogP contribution in [0.1, 0.15) is 28.7 Å². The van der Waals surface area contributed by atoms with Crippen molar-refractivity contribution < 1.29 is 27.1 Å². The maximum atomic E-state index is 13.3. The molecule has 0 atom stereocenters. The smallest absolute Gasteiger partial charge is 0.279 e. The van der Waals surface area contributed by atoms with E-state index in [1.165, 1.54) is 30.6 Å². The molecule has 0 bridgehead atoms. The first-order valence-corrected chi connectivity index (χ1v) is 9.08. The zero-order valence-electron chi connectivity index (χ0n) is 16.5. The van der Waals surface area contributed by atoms with E-state index in [4.69, 9.17) is 13.6 Å². The quantitative estimate of drug-likeness (QED) is 0.474. The van der Waals surface area contributed by atoms with Crippen molar-refractivity contribution in [3.05, 3.63) is 66.2 Å². The first-order chi connectivity index (χ1) is 14.8. The first-order valence-electron chi connectivity index (χ1n) is 9.08. The molecular weight excluding hydrogens is 412 g/mol. The minimum atomic E-state index is -3.00. The highest BCUT2D eigenvalue weighted by molar-refractivity contribution is 6.05. The van der Waals surface area contributed by atoms with Gasteiger partial charge < -0.3 is 18.9 Å². The number of benzene rings is 1. The Bertz CT molecular complexity index is 1210. The van der Waals surface area contributed by atoms with Gasteiger partial charge in [-0.25, -0.2) is 13.8 Å². The molecule has 9 nitrogen and oxygen atoms in total. The molecule has 0 saturated heterocycles. The van der Waals surface area contributed by atoms with Crippen molar-refractivity contribution in [3.63, 3.8) is 0 Å². The highest BCUT2D eigenvalue weighted by atomic mass is 19.3. The topological polar surface area (TPSA) is 108 Å². The molecule has 0 aliphatic rings. The molecule has 0 radical (unpaired) electrons. The normalized spacial score (nSPS) is 11.5. The van der Waals surface area contributed by atoms with Crippen LogP contribution in [0.5, 0.6) is 5.75 Å². The van der Waals surface area contributed by atoms with Crippen molar-refractivity contribution in [3.8, 4) is 17.1 Å². The number of ether oxygens (including phenoxy) is 1. The summed E-state index contributed by atoms with van der Waals surface area (Å²) in [5, 5.41) is 10.7. The van der Waals surface area contributed by atoms with E-state index in [0.717, 1.165) is 13.2 Å². The molecule has 1 amide bonds. The van der Waals surface area contributed by atoms with Crippen molar-refractivity contribution in [2.24, 2.45) is 0 Å². The van der Waals surface area contributed by atoms with Crippen LogP contribution in [0.3, 0.4) is 0 Å². The summed E-state index contributed by atoms with van der Waals surface area (Å²) in [7, 11) is 1.54. The van der Waals surface area contributed by atoms with E-state index in [0.29, 0.717) is 11.3 Å². The molecule has 4 aromatic rings. The van der Waals surface area contributed by atoms with Gasteiger partial charge in [-0.2, -0.15) is 9.90 Å². The minimum Gasteiger partial charge on any atom is -0.497 e. The highest BCUT2D eigenvalue weighted by Crippen LogP contribution is 2.29. The SMILES string of the molecule is COc1cccc(-c2ocnc2C(=O)Nc2cnn(Cc3cc(C(C)(F)F)co3)n2)c1. The monoisotopic (exact) mass is 429 g/mol. The van der Waals surface area contributed by atoms with Crippen LogP contribution in [-0.2, 0) is 12.5 Å². The van der Waals surface area contributed by atoms with Crippen molar-refractivity contribution in [1.82, 2.24) is 20.0 Å². The lowest BCUT2D eigenvalue weighted by atomic mass is 10.1. The number of aromatic nitrogens is 4. The van der Waals surface area contributed by atoms with E-state index in [-0.39, 0.29) is 35.1 Å². The van der Waals surface area contributed by atoms with E-state index in [9.17, 15) is 13.6 Å². The number of oxazole rings is 1. The number of furan rings is 1. The van der Waals surface area contributed by atoms with Crippen LogP contribution in [0.4, 0.5) is 14.6 Å². The van der Waals surface area contributed by atoms with Gasteiger partial charge in [-0.3, -0.25) is 4.79 Å². The maximum Gasteiger partial charge on any atom is 0.279 e. The Balaban J connectivity index is 1.46. The number of hydrogen-bond acceptors (Lipinski definition) is 7. The lowest BCUT2D eigenvalue weighted by molar-refractivity contribution is 0.0169. The summed E-state index contributed by atoms with van der Waals surface area (Å²) >= 11 is 0. The molecule has 1 N–H and O–H groups in total. The number of alkyl halides is 2. The van der Waals surface area contributed by atoms with Crippen molar-refractivity contribution in [2.75, 3.05) is 12.4 Å². The summed E-state index contributed by atoms with van der Waals surface area (Å²) < 4.78 is 42.3. The maximum absolute atomic E-state index is 13.3. The van der Waals surface area contributed by atoms with Crippen LogP contribution in [0.15, 0.2) is 58.0 Å². The number of anilines is 1. The Morgan fingerprint density at radius 2 is 2.13 bits per heavy atom. The van der Waals surface area contributed by atoms with E-state index in [2.05, 4.69) is 20.5 Å². The predicted octanol–water partition coefficient (Wildman–Crippen LogP) is 3.95. The van der Waals surface area contributed by atoms with E-state index >= 15 is 0 Å². The Morgan fingerprint density at radius 3 is 2.87 bits per heavy atom. The summed E-state index contributed by atoms with van der Waals surface area (Å²) in [6.07, 6.45) is 3.48. The summed E-state index contributed by atoms with van der Waals surface area (Å²) in [5.41, 5.74) is 0.440. The highest BCUT2D eigenvalue weighted by Gasteiger charge is 2.27. The van der Waals surface area contributed by atoms with Crippen LogP contribution in [-0.4, -0.2) is 33.0 Å². The molecule has 31 heavy (non-hydrogen) atoms. The van der Waals surface area contributed by atoms with Crippen LogP contribution in [0, 0.1) is 0 Å². The van der Waals surface area contributed by atoms with Crippen LogP contribution < -0.4 is 10.1 Å². The largest absolute Gasteiger partial charge is 0.497 e. The molecule has 0 saturated carbocycles. The van der Waals surface area contributed by atoms with Crippen molar-refractivity contribution in [1.29, 1.82) is 0 Å². The molecule has 0 aliphatic carbocycles. The van der Waals surface area contributed by atoms with Crippen LogP contribution >= 0.6 is 0 Å². The Labute approximate surface area is 174 Å². The number of nitrogens with zero attached hydrogens (tertiary/aromatic N) is 4. The van der Waals surface area contributed by atoms with Gasteiger partial charge in [-0.1, -0.05) is 12.1 Å². The fourth-order valence-electron chi connectivity index (χ4n) is 2.82. The van der Waals surface area contributed by atoms with Gasteiger partial charge in [0.25, 0.3) is 11.8 Å². The number of hydrogen-bond donors (Lipinski definition) is 1. The molecule has 3 heterocycles. The lowest BCUT2D eigenvalue weighted by Crippen LogP contribution is -2.14. The number of carbonyl (C=O) groups is 1. The molecule has 4 rings (SSSR count). The molecule has 0 aliphatic heterocycles.